The van der Waals surface area contributed by atoms with Crippen LogP contribution in [0.5, 0.6) is 5.75 Å². The third-order valence-electron chi connectivity index (χ3n) is 2.71. The minimum Gasteiger partial charge on any atom is -0.482 e. The molecule has 0 unspecified atom stereocenters. The number of hydrogen-bond acceptors (Lipinski definition) is 4. The molecule has 0 bridgehead atoms. The third kappa shape index (κ3) is 2.28. The van der Waals surface area contributed by atoms with Crippen molar-refractivity contribution in [3.8, 4) is 5.75 Å². The van der Waals surface area contributed by atoms with Gasteiger partial charge < -0.3 is 20.1 Å². The van der Waals surface area contributed by atoms with Crippen molar-refractivity contribution < 1.29 is 19.4 Å². The molecule has 1 aromatic rings. The van der Waals surface area contributed by atoms with Gasteiger partial charge in [-0.1, -0.05) is 0 Å². The van der Waals surface area contributed by atoms with Crippen LogP contribution in [0.15, 0.2) is 18.2 Å². The van der Waals surface area contributed by atoms with Gasteiger partial charge in [0, 0.05) is 19.2 Å². The van der Waals surface area contributed by atoms with Gasteiger partial charge in [0.15, 0.2) is 6.61 Å². The van der Waals surface area contributed by atoms with Crippen LogP contribution >= 0.6 is 0 Å². The number of carbonyl (C=O) groups is 2. The Balaban J connectivity index is 2.26. The molecular weight excluding hydrogens is 236 g/mol. The molecule has 0 atom stereocenters. The Hall–Kier alpha value is -2.08. The van der Waals surface area contributed by atoms with Gasteiger partial charge in [0.05, 0.1) is 12.3 Å². The highest BCUT2D eigenvalue weighted by Crippen LogP contribution is 2.31. The predicted octanol–water partition coefficient (Wildman–Crippen LogP) is -0.236. The fourth-order valence-corrected chi connectivity index (χ4v) is 1.68. The molecule has 1 aliphatic heterocycles. The van der Waals surface area contributed by atoms with Crippen LogP contribution < -0.4 is 15.0 Å². The van der Waals surface area contributed by atoms with Crippen molar-refractivity contribution in [2.45, 2.75) is 0 Å². The fraction of sp³-hybridized carbons (Fsp3) is 0.333. The number of aliphatic hydroxyl groups excluding tert-OH is 1. The number of ether oxygens (including phenoxy) is 1. The Morgan fingerprint density at radius 3 is 3.06 bits per heavy atom. The lowest BCUT2D eigenvalue weighted by atomic mass is 10.1. The summed E-state index contributed by atoms with van der Waals surface area (Å²) in [4.78, 5) is 24.6. The van der Waals surface area contributed by atoms with E-state index in [0.29, 0.717) is 17.0 Å². The van der Waals surface area contributed by atoms with Crippen LogP contribution in [0.3, 0.4) is 0 Å². The van der Waals surface area contributed by atoms with Crippen molar-refractivity contribution >= 4 is 17.5 Å². The molecule has 2 N–H and O–H groups in total. The molecule has 2 rings (SSSR count). The standard InChI is InChI=1S/C12H14N2O4/c1-14-9-6-8(12(17)13-4-5-15)2-3-10(9)18-7-11(14)16/h2-3,6,15H,4-5,7H2,1H3,(H,13,17). The Bertz CT molecular complexity index is 487. The summed E-state index contributed by atoms with van der Waals surface area (Å²) in [5, 5.41) is 11.2. The van der Waals surface area contributed by atoms with Gasteiger partial charge in [-0.3, -0.25) is 9.59 Å². The van der Waals surface area contributed by atoms with E-state index >= 15 is 0 Å². The summed E-state index contributed by atoms with van der Waals surface area (Å²) in [5.74, 6) is 0.129. The Morgan fingerprint density at radius 2 is 2.33 bits per heavy atom. The summed E-state index contributed by atoms with van der Waals surface area (Å²) in [5.41, 5.74) is 0.996. The minimum atomic E-state index is -0.293. The van der Waals surface area contributed by atoms with E-state index in [2.05, 4.69) is 5.32 Å². The lowest BCUT2D eigenvalue weighted by Gasteiger charge is -2.26. The molecule has 18 heavy (non-hydrogen) atoms. The SMILES string of the molecule is CN1C(=O)COc2ccc(C(=O)NCCO)cc21. The molecule has 0 spiro atoms. The summed E-state index contributed by atoms with van der Waals surface area (Å²) >= 11 is 0. The van der Waals surface area contributed by atoms with Crippen molar-refractivity contribution in [3.63, 3.8) is 0 Å². The number of nitrogens with one attached hydrogen (secondary N) is 1. The van der Waals surface area contributed by atoms with E-state index in [9.17, 15) is 9.59 Å². The number of benzene rings is 1. The number of amides is 2. The minimum absolute atomic E-state index is 0.0134. The second-order valence-corrected chi connectivity index (χ2v) is 3.90. The normalized spacial score (nSPS) is 13.9. The van der Waals surface area contributed by atoms with Crippen molar-refractivity contribution in [2.75, 3.05) is 31.7 Å². The van der Waals surface area contributed by atoms with E-state index in [0.717, 1.165) is 0 Å². The topological polar surface area (TPSA) is 78.9 Å². The van der Waals surface area contributed by atoms with Crippen molar-refractivity contribution in [1.29, 1.82) is 0 Å². The number of anilines is 1. The second-order valence-electron chi connectivity index (χ2n) is 3.90. The van der Waals surface area contributed by atoms with Crippen LogP contribution in [0, 0.1) is 0 Å². The first-order valence-electron chi connectivity index (χ1n) is 5.56. The summed E-state index contributed by atoms with van der Waals surface area (Å²) in [6.45, 7) is 0.0962. The summed E-state index contributed by atoms with van der Waals surface area (Å²) in [7, 11) is 1.64. The van der Waals surface area contributed by atoms with Gasteiger partial charge in [0.1, 0.15) is 5.75 Å². The maximum absolute atomic E-state index is 11.7. The van der Waals surface area contributed by atoms with E-state index < -0.39 is 0 Å². The highest BCUT2D eigenvalue weighted by molar-refractivity contribution is 6.00. The lowest BCUT2D eigenvalue weighted by Crippen LogP contribution is -2.35. The molecule has 0 aliphatic carbocycles. The van der Waals surface area contributed by atoms with Crippen molar-refractivity contribution in [1.82, 2.24) is 5.32 Å². The van der Waals surface area contributed by atoms with Gasteiger partial charge in [0.25, 0.3) is 11.8 Å². The molecule has 96 valence electrons. The fourth-order valence-electron chi connectivity index (χ4n) is 1.68. The largest absolute Gasteiger partial charge is 0.482 e. The van der Waals surface area contributed by atoms with Gasteiger partial charge in [-0.25, -0.2) is 0 Å². The van der Waals surface area contributed by atoms with Gasteiger partial charge in [-0.05, 0) is 18.2 Å². The summed E-state index contributed by atoms with van der Waals surface area (Å²) < 4.78 is 5.26. The average Bonchev–Trinajstić information content (AvgIpc) is 2.40. The molecule has 0 aromatic heterocycles. The van der Waals surface area contributed by atoms with E-state index in [4.69, 9.17) is 9.84 Å². The predicted molar refractivity (Wildman–Crippen MR) is 64.8 cm³/mol. The lowest BCUT2D eigenvalue weighted by molar-refractivity contribution is -0.120. The highest BCUT2D eigenvalue weighted by Gasteiger charge is 2.23. The number of fused-ring (bicyclic) bond motifs is 1. The zero-order valence-electron chi connectivity index (χ0n) is 9.97. The van der Waals surface area contributed by atoms with Crippen LogP contribution in [0.1, 0.15) is 10.4 Å². The molecule has 0 fully saturated rings. The number of aliphatic hydroxyl groups is 1. The first-order chi connectivity index (χ1) is 8.63. The number of carbonyl (C=O) groups excluding carboxylic acids is 2. The van der Waals surface area contributed by atoms with Crippen LogP contribution in [-0.4, -0.2) is 43.7 Å². The van der Waals surface area contributed by atoms with E-state index in [1.54, 1.807) is 25.2 Å². The van der Waals surface area contributed by atoms with Gasteiger partial charge >= 0.3 is 0 Å². The molecule has 6 heteroatoms. The number of likely N-dealkylation sites (N-methyl/N-ethyl adjacent to an activating group) is 1. The zero-order valence-corrected chi connectivity index (χ0v) is 9.97. The smallest absolute Gasteiger partial charge is 0.264 e. The highest BCUT2D eigenvalue weighted by atomic mass is 16.5. The van der Waals surface area contributed by atoms with Gasteiger partial charge in [-0.2, -0.15) is 0 Å². The maximum Gasteiger partial charge on any atom is 0.264 e. The van der Waals surface area contributed by atoms with E-state index in [1.807, 2.05) is 0 Å². The van der Waals surface area contributed by atoms with Crippen LogP contribution in [-0.2, 0) is 4.79 Å². The van der Waals surface area contributed by atoms with Gasteiger partial charge in [0.2, 0.25) is 0 Å². The van der Waals surface area contributed by atoms with Crippen molar-refractivity contribution in [3.05, 3.63) is 23.8 Å². The molecule has 0 saturated heterocycles. The molecule has 1 heterocycles. The number of nitrogens with zero attached hydrogens (tertiary/aromatic N) is 1. The Kier molecular flexibility index (Phi) is 3.47. The Morgan fingerprint density at radius 1 is 1.56 bits per heavy atom. The molecule has 1 aliphatic rings. The van der Waals surface area contributed by atoms with Crippen LogP contribution in [0.2, 0.25) is 0 Å². The third-order valence-corrected chi connectivity index (χ3v) is 2.71. The quantitative estimate of drug-likeness (QED) is 0.776. The molecule has 0 radical (unpaired) electrons. The van der Waals surface area contributed by atoms with Crippen LogP contribution in [0.25, 0.3) is 0 Å². The molecule has 1 aromatic carbocycles. The molecule has 0 saturated carbocycles. The monoisotopic (exact) mass is 250 g/mol. The maximum atomic E-state index is 11.7. The molecule has 6 nitrogen and oxygen atoms in total. The average molecular weight is 250 g/mol. The first-order valence-corrected chi connectivity index (χ1v) is 5.56. The number of rotatable bonds is 3. The Labute approximate surface area is 104 Å². The second kappa shape index (κ2) is 5.05. The van der Waals surface area contributed by atoms with Crippen molar-refractivity contribution in [2.24, 2.45) is 0 Å². The number of hydrogen-bond donors (Lipinski definition) is 2. The summed E-state index contributed by atoms with van der Waals surface area (Å²) in [6, 6.07) is 4.88. The van der Waals surface area contributed by atoms with E-state index in [1.165, 1.54) is 4.90 Å². The van der Waals surface area contributed by atoms with Gasteiger partial charge in [-0.15, -0.1) is 0 Å². The molecular formula is C12H14N2O4. The van der Waals surface area contributed by atoms with E-state index in [-0.39, 0.29) is 31.6 Å². The first kappa shape index (κ1) is 12.4. The van der Waals surface area contributed by atoms with Crippen LogP contribution in [0.4, 0.5) is 5.69 Å². The zero-order chi connectivity index (χ0) is 13.1. The summed E-state index contributed by atoms with van der Waals surface area (Å²) in [6.07, 6.45) is 0. The molecule has 2 amide bonds.